The second-order valence-corrected chi connectivity index (χ2v) is 6.91. The first-order valence-electron chi connectivity index (χ1n) is 7.84. The maximum atomic E-state index is 12.2. The first-order valence-corrected chi connectivity index (χ1v) is 7.84. The van der Waals surface area contributed by atoms with Crippen LogP contribution in [0.1, 0.15) is 45.1 Å². The molecule has 0 amide bonds. The van der Waals surface area contributed by atoms with Gasteiger partial charge in [-0.05, 0) is 63.6 Å². The number of hydrogen-bond acceptors (Lipinski definition) is 3. The van der Waals surface area contributed by atoms with E-state index in [2.05, 4.69) is 26.0 Å². The van der Waals surface area contributed by atoms with Gasteiger partial charge in [-0.1, -0.05) is 12.1 Å². The molecule has 1 aromatic carbocycles. The van der Waals surface area contributed by atoms with E-state index < -0.39 is 0 Å². The Hall–Kier alpha value is -1.51. The third-order valence-corrected chi connectivity index (χ3v) is 5.55. The Bertz CT molecular complexity index is 536. The normalized spacial score (nSPS) is 34.6. The molecular weight excluding hydrogens is 264 g/mol. The van der Waals surface area contributed by atoms with Gasteiger partial charge in [-0.3, -0.25) is 4.79 Å². The molecule has 0 aromatic heterocycles. The zero-order valence-corrected chi connectivity index (χ0v) is 13.1. The number of benzene rings is 1. The fourth-order valence-electron chi connectivity index (χ4n) is 4.25. The van der Waals surface area contributed by atoms with Crippen molar-refractivity contribution in [2.75, 3.05) is 7.11 Å². The predicted molar refractivity (Wildman–Crippen MR) is 81.3 cm³/mol. The summed E-state index contributed by atoms with van der Waals surface area (Å²) in [4.78, 5) is 12.2. The van der Waals surface area contributed by atoms with Crippen molar-refractivity contribution in [2.24, 2.45) is 11.3 Å². The minimum absolute atomic E-state index is 0.0160. The maximum Gasteiger partial charge on any atom is 0.312 e. The van der Waals surface area contributed by atoms with Gasteiger partial charge in [0.1, 0.15) is 11.4 Å². The summed E-state index contributed by atoms with van der Waals surface area (Å²) in [7, 11) is 1.68. The summed E-state index contributed by atoms with van der Waals surface area (Å²) in [6, 6.07) is 8.21. The lowest BCUT2D eigenvalue weighted by Gasteiger charge is -2.39. The van der Waals surface area contributed by atoms with E-state index in [0.717, 1.165) is 37.9 Å². The Morgan fingerprint density at radius 3 is 2.57 bits per heavy atom. The zero-order chi connectivity index (χ0) is 15.1. The smallest absolute Gasteiger partial charge is 0.312 e. The van der Waals surface area contributed by atoms with Gasteiger partial charge in [0.25, 0.3) is 0 Å². The molecule has 0 spiro atoms. The molecule has 114 valence electrons. The molecule has 0 N–H and O–H groups in total. The second kappa shape index (κ2) is 5.04. The summed E-state index contributed by atoms with van der Waals surface area (Å²) in [5, 5.41) is 0. The zero-order valence-electron chi connectivity index (χ0n) is 13.1. The lowest BCUT2D eigenvalue weighted by Crippen LogP contribution is -2.42. The summed E-state index contributed by atoms with van der Waals surface area (Å²) in [6.07, 6.45) is 5.05. The van der Waals surface area contributed by atoms with Crippen LogP contribution in [0.15, 0.2) is 24.3 Å². The first-order chi connectivity index (χ1) is 9.98. The molecule has 1 aliphatic heterocycles. The average Bonchev–Trinajstić information content (AvgIpc) is 2.56. The minimum atomic E-state index is -0.278. The Labute approximate surface area is 126 Å². The van der Waals surface area contributed by atoms with Crippen molar-refractivity contribution in [1.82, 2.24) is 0 Å². The van der Waals surface area contributed by atoms with Crippen LogP contribution in [-0.4, -0.2) is 18.7 Å². The van der Waals surface area contributed by atoms with Crippen molar-refractivity contribution in [3.05, 3.63) is 29.8 Å². The lowest BCUT2D eigenvalue weighted by atomic mass is 9.62. The molecule has 1 saturated heterocycles. The van der Waals surface area contributed by atoms with Crippen LogP contribution < -0.4 is 4.74 Å². The molecule has 3 atom stereocenters. The van der Waals surface area contributed by atoms with Crippen LogP contribution in [0, 0.1) is 11.3 Å². The summed E-state index contributed by atoms with van der Waals surface area (Å²) in [5.41, 5.74) is 0.760. The topological polar surface area (TPSA) is 35.5 Å². The highest BCUT2D eigenvalue weighted by Crippen LogP contribution is 2.56. The molecular formula is C18H24O3. The summed E-state index contributed by atoms with van der Waals surface area (Å²) in [5.74, 6) is 1.23. The van der Waals surface area contributed by atoms with Gasteiger partial charge in [-0.15, -0.1) is 0 Å². The van der Waals surface area contributed by atoms with Crippen LogP contribution in [-0.2, 0) is 16.0 Å². The van der Waals surface area contributed by atoms with Crippen molar-refractivity contribution in [3.63, 3.8) is 0 Å². The van der Waals surface area contributed by atoms with E-state index in [1.165, 1.54) is 5.56 Å². The van der Waals surface area contributed by atoms with Crippen molar-refractivity contribution >= 4 is 5.97 Å². The van der Waals surface area contributed by atoms with Gasteiger partial charge in [-0.2, -0.15) is 0 Å². The molecule has 0 radical (unpaired) electrons. The van der Waals surface area contributed by atoms with E-state index in [9.17, 15) is 4.79 Å². The molecule has 1 aliphatic carbocycles. The van der Waals surface area contributed by atoms with E-state index in [-0.39, 0.29) is 17.0 Å². The van der Waals surface area contributed by atoms with Gasteiger partial charge in [0.05, 0.1) is 12.5 Å². The van der Waals surface area contributed by atoms with Crippen LogP contribution in [0.5, 0.6) is 5.75 Å². The number of fused-ring (bicyclic) bond motifs is 2. The van der Waals surface area contributed by atoms with Crippen molar-refractivity contribution in [3.8, 4) is 5.75 Å². The van der Waals surface area contributed by atoms with E-state index >= 15 is 0 Å². The number of methoxy groups -OCH3 is 1. The highest BCUT2D eigenvalue weighted by molar-refractivity contribution is 5.80. The molecule has 2 aliphatic rings. The molecule has 2 bridgehead atoms. The Kier molecular flexibility index (Phi) is 3.46. The van der Waals surface area contributed by atoms with Gasteiger partial charge in [0.15, 0.2) is 0 Å². The fourth-order valence-corrected chi connectivity index (χ4v) is 4.25. The third kappa shape index (κ3) is 2.33. The number of hydrogen-bond donors (Lipinski definition) is 0. The molecule has 3 rings (SSSR count). The highest BCUT2D eigenvalue weighted by atomic mass is 16.6. The lowest BCUT2D eigenvalue weighted by molar-refractivity contribution is -0.151. The van der Waals surface area contributed by atoms with Gasteiger partial charge < -0.3 is 9.47 Å². The van der Waals surface area contributed by atoms with E-state index in [1.54, 1.807) is 7.11 Å². The monoisotopic (exact) mass is 288 g/mol. The van der Waals surface area contributed by atoms with Crippen molar-refractivity contribution in [2.45, 2.75) is 51.6 Å². The van der Waals surface area contributed by atoms with Crippen molar-refractivity contribution < 1.29 is 14.3 Å². The summed E-state index contributed by atoms with van der Waals surface area (Å²) in [6.45, 7) is 4.21. The number of carbonyl (C=O) groups excluding carboxylic acids is 1. The largest absolute Gasteiger partial charge is 0.497 e. The Morgan fingerprint density at radius 2 is 1.95 bits per heavy atom. The van der Waals surface area contributed by atoms with Gasteiger partial charge in [0.2, 0.25) is 0 Å². The standard InChI is InChI=1S/C18H24O3/c1-17-11-4-12-18(2,21-16(17)19)15(17)10-7-13-5-8-14(20-3)9-6-13/h5-6,8-9,15H,4,7,10-12H2,1-3H3/t15-,17+,18?/m0/s1. The SMILES string of the molecule is COc1ccc(CC[C@@H]2C3(C)CCC[C@@]2(C)C(=O)O3)cc1. The summed E-state index contributed by atoms with van der Waals surface area (Å²) >= 11 is 0. The van der Waals surface area contributed by atoms with Crippen LogP contribution in [0.4, 0.5) is 0 Å². The molecule has 1 saturated carbocycles. The molecule has 21 heavy (non-hydrogen) atoms. The Morgan fingerprint density at radius 1 is 1.24 bits per heavy atom. The predicted octanol–water partition coefficient (Wildman–Crippen LogP) is 3.75. The number of ether oxygens (including phenoxy) is 2. The average molecular weight is 288 g/mol. The molecule has 3 heteroatoms. The molecule has 3 nitrogen and oxygen atoms in total. The maximum absolute atomic E-state index is 12.2. The third-order valence-electron chi connectivity index (χ3n) is 5.55. The van der Waals surface area contributed by atoms with Gasteiger partial charge in [-0.25, -0.2) is 0 Å². The number of carbonyl (C=O) groups is 1. The highest BCUT2D eigenvalue weighted by Gasteiger charge is 2.61. The number of esters is 1. The van der Waals surface area contributed by atoms with E-state index in [1.807, 2.05) is 12.1 Å². The Balaban J connectivity index is 1.73. The van der Waals surface area contributed by atoms with Crippen LogP contribution in [0.2, 0.25) is 0 Å². The number of aryl methyl sites for hydroxylation is 1. The molecule has 1 heterocycles. The van der Waals surface area contributed by atoms with E-state index in [0.29, 0.717) is 5.92 Å². The van der Waals surface area contributed by atoms with Crippen LogP contribution in [0.3, 0.4) is 0 Å². The van der Waals surface area contributed by atoms with Gasteiger partial charge >= 0.3 is 5.97 Å². The first kappa shape index (κ1) is 14.4. The van der Waals surface area contributed by atoms with Crippen LogP contribution >= 0.6 is 0 Å². The molecule has 2 fully saturated rings. The van der Waals surface area contributed by atoms with Gasteiger partial charge in [0, 0.05) is 5.92 Å². The van der Waals surface area contributed by atoms with E-state index in [4.69, 9.17) is 9.47 Å². The second-order valence-electron chi connectivity index (χ2n) is 6.91. The summed E-state index contributed by atoms with van der Waals surface area (Å²) < 4.78 is 10.9. The fraction of sp³-hybridized carbons (Fsp3) is 0.611. The number of rotatable bonds is 4. The molecule has 1 unspecified atom stereocenters. The minimum Gasteiger partial charge on any atom is -0.497 e. The molecule has 1 aromatic rings. The van der Waals surface area contributed by atoms with Crippen molar-refractivity contribution in [1.29, 1.82) is 0 Å². The quantitative estimate of drug-likeness (QED) is 0.792. The van der Waals surface area contributed by atoms with Crippen LogP contribution in [0.25, 0.3) is 0 Å².